The number of allylic oxidation sites excluding steroid dienone is 1. The van der Waals surface area contributed by atoms with Crippen LogP contribution in [0.4, 0.5) is 13.2 Å². The third kappa shape index (κ3) is 12.5. The first kappa shape index (κ1) is 43.3. The van der Waals surface area contributed by atoms with Gasteiger partial charge in [0.2, 0.25) is 9.70 Å². The van der Waals surface area contributed by atoms with Crippen molar-refractivity contribution in [2.24, 2.45) is 23.2 Å². The van der Waals surface area contributed by atoms with Crippen molar-refractivity contribution in [1.29, 1.82) is 0 Å². The lowest BCUT2D eigenvalue weighted by Crippen LogP contribution is -2.60. The van der Waals surface area contributed by atoms with E-state index in [4.69, 9.17) is 44.3 Å². The van der Waals surface area contributed by atoms with Crippen LogP contribution in [0.3, 0.4) is 0 Å². The summed E-state index contributed by atoms with van der Waals surface area (Å²) >= 11 is 16.9. The van der Waals surface area contributed by atoms with Gasteiger partial charge in [0, 0.05) is 24.8 Å². The average Bonchev–Trinajstić information content (AvgIpc) is 3.04. The number of fused-ring (bicyclic) bond motifs is 1. The highest BCUT2D eigenvalue weighted by Gasteiger charge is 2.50. The normalized spacial score (nSPS) is 18.2. The molecule has 0 radical (unpaired) electrons. The number of pyridine rings is 1. The van der Waals surface area contributed by atoms with Crippen molar-refractivity contribution < 1.29 is 41.8 Å². The molecule has 0 bridgehead atoms. The molecule has 1 fully saturated rings. The smallest absolute Gasteiger partial charge is 0.392 e. The number of hydrazine groups is 1. The summed E-state index contributed by atoms with van der Waals surface area (Å²) in [5.74, 6) is -5.95. The van der Waals surface area contributed by atoms with Gasteiger partial charge in [-0.3, -0.25) is 24.2 Å². The quantitative estimate of drug-likeness (QED) is 0.157. The van der Waals surface area contributed by atoms with E-state index in [1.54, 1.807) is 51.1 Å². The van der Waals surface area contributed by atoms with E-state index in [2.05, 4.69) is 15.7 Å². The second kappa shape index (κ2) is 17.8. The molecule has 0 saturated carbocycles. The lowest BCUT2D eigenvalue weighted by atomic mass is 9.71. The molecule has 0 aliphatic carbocycles. The fraction of sp³-hybridized carbons (Fsp3) is 0.583. The SMILES string of the molecule is CC(=O)O[C@H](C)c1ccc2ccc(/C=C/C(C)(C)[C@@H](C[C@H](C(=O)N[C@@H](C)C(=O)N3CCC[C@@H](C(=O)OCC(Cl)(Cl)Cl)N3)C(C)C)C(F)(F)F)cc2n1. The van der Waals surface area contributed by atoms with Crippen molar-refractivity contribution >= 4 is 75.5 Å². The van der Waals surface area contributed by atoms with Crippen LogP contribution in [0.25, 0.3) is 17.0 Å². The molecule has 2 aromatic rings. The summed E-state index contributed by atoms with van der Waals surface area (Å²) in [6, 6.07) is 6.86. The Morgan fingerprint density at radius 1 is 1.08 bits per heavy atom. The van der Waals surface area contributed by atoms with Gasteiger partial charge < -0.3 is 14.8 Å². The van der Waals surface area contributed by atoms with Gasteiger partial charge >= 0.3 is 18.1 Å². The van der Waals surface area contributed by atoms with Gasteiger partial charge in [-0.05, 0) is 62.1 Å². The summed E-state index contributed by atoms with van der Waals surface area (Å²) in [7, 11) is 0. The van der Waals surface area contributed by atoms with Crippen molar-refractivity contribution in [2.75, 3.05) is 13.2 Å². The molecule has 0 unspecified atom stereocenters. The monoisotopic (exact) mass is 792 g/mol. The minimum absolute atomic E-state index is 0.222. The van der Waals surface area contributed by atoms with Crippen LogP contribution in [0.5, 0.6) is 0 Å². The fourth-order valence-corrected chi connectivity index (χ4v) is 6.16. The van der Waals surface area contributed by atoms with E-state index in [9.17, 15) is 32.3 Å². The highest BCUT2D eigenvalue weighted by molar-refractivity contribution is 6.67. The van der Waals surface area contributed by atoms with Crippen molar-refractivity contribution in [1.82, 2.24) is 20.7 Å². The van der Waals surface area contributed by atoms with E-state index >= 15 is 0 Å². The number of aromatic nitrogens is 1. The van der Waals surface area contributed by atoms with Gasteiger partial charge in [-0.25, -0.2) is 10.4 Å². The number of halogens is 6. The van der Waals surface area contributed by atoms with Crippen LogP contribution >= 0.6 is 34.8 Å². The van der Waals surface area contributed by atoms with Crippen molar-refractivity contribution in [3.8, 4) is 0 Å². The highest BCUT2D eigenvalue weighted by Crippen LogP contribution is 2.46. The van der Waals surface area contributed by atoms with Gasteiger partial charge in [-0.2, -0.15) is 13.2 Å². The van der Waals surface area contributed by atoms with E-state index in [0.717, 1.165) is 5.39 Å². The average molecular weight is 794 g/mol. The summed E-state index contributed by atoms with van der Waals surface area (Å²) in [6.07, 6.45) is -1.91. The van der Waals surface area contributed by atoms with Crippen LogP contribution in [-0.4, -0.2) is 69.0 Å². The minimum Gasteiger partial charge on any atom is -0.460 e. The molecule has 16 heteroatoms. The zero-order chi connectivity index (χ0) is 39.2. The number of carbonyl (C=O) groups excluding carboxylic acids is 4. The highest BCUT2D eigenvalue weighted by atomic mass is 35.6. The number of carbonyl (C=O) groups is 4. The van der Waals surface area contributed by atoms with Gasteiger partial charge in [0.15, 0.2) is 0 Å². The van der Waals surface area contributed by atoms with E-state index in [1.165, 1.54) is 38.8 Å². The Labute approximate surface area is 317 Å². The molecule has 2 amide bonds. The Morgan fingerprint density at radius 2 is 1.73 bits per heavy atom. The number of ether oxygens (including phenoxy) is 2. The maximum absolute atomic E-state index is 14.8. The molecule has 10 nitrogen and oxygen atoms in total. The predicted molar refractivity (Wildman–Crippen MR) is 194 cm³/mol. The Kier molecular flexibility index (Phi) is 14.8. The second-order valence-corrected chi connectivity index (χ2v) is 16.6. The van der Waals surface area contributed by atoms with E-state index < -0.39 is 88.1 Å². The topological polar surface area (TPSA) is 127 Å². The first-order chi connectivity index (χ1) is 24.0. The molecule has 2 N–H and O–H groups in total. The first-order valence-corrected chi connectivity index (χ1v) is 18.1. The number of nitrogens with one attached hydrogen (secondary N) is 2. The molecule has 1 saturated heterocycles. The summed E-state index contributed by atoms with van der Waals surface area (Å²) in [5, 5.41) is 4.57. The fourth-order valence-electron chi connectivity index (χ4n) is 6.00. The Morgan fingerprint density at radius 3 is 2.33 bits per heavy atom. The summed E-state index contributed by atoms with van der Waals surface area (Å²) in [6.45, 7) is 10.4. The molecule has 3 rings (SSSR count). The van der Waals surface area contributed by atoms with Crippen LogP contribution in [0.2, 0.25) is 0 Å². The maximum Gasteiger partial charge on any atom is 0.392 e. The third-order valence-electron chi connectivity index (χ3n) is 8.97. The number of alkyl halides is 6. The molecule has 0 spiro atoms. The van der Waals surface area contributed by atoms with Gasteiger partial charge in [-0.15, -0.1) is 0 Å². The van der Waals surface area contributed by atoms with Crippen molar-refractivity contribution in [2.45, 2.75) is 95.9 Å². The van der Waals surface area contributed by atoms with Crippen molar-refractivity contribution in [3.05, 3.63) is 47.7 Å². The number of rotatable bonds is 13. The Hall–Kier alpha value is -3.13. The van der Waals surface area contributed by atoms with Gasteiger partial charge in [-0.1, -0.05) is 92.8 Å². The number of hydrogen-bond acceptors (Lipinski definition) is 8. The number of amides is 2. The standard InChI is InChI=1S/C36H46Cl3F3N4O6/c1-20(2)26(31(48)43-21(3)32(49)46-16-8-9-28(45-46)33(50)51-19-35(37,38)39)18-30(36(40,41)42)34(6,7)15-14-24-10-11-25-12-13-27(44-29(25)17-24)22(4)52-23(5)47/h10-15,17,20-22,26,28,30,45H,8-9,16,18-19H2,1-7H3,(H,43,48)/b15-14+/t21-,22+,26-,28-,30+/m0/s1. The number of benzene rings is 1. The number of esters is 2. The van der Waals surface area contributed by atoms with E-state index in [1.807, 2.05) is 6.07 Å². The van der Waals surface area contributed by atoms with Crippen LogP contribution in [-0.2, 0) is 28.7 Å². The molecular formula is C36H46Cl3F3N4O6. The largest absolute Gasteiger partial charge is 0.460 e. The Balaban J connectivity index is 1.74. The van der Waals surface area contributed by atoms with Gasteiger partial charge in [0.1, 0.15) is 24.8 Å². The maximum atomic E-state index is 14.8. The van der Waals surface area contributed by atoms with Gasteiger partial charge in [0.25, 0.3) is 5.91 Å². The van der Waals surface area contributed by atoms with Crippen LogP contribution in [0.1, 0.15) is 85.1 Å². The zero-order valence-electron chi connectivity index (χ0n) is 30.2. The van der Waals surface area contributed by atoms with Crippen LogP contribution < -0.4 is 10.7 Å². The lowest BCUT2D eigenvalue weighted by molar-refractivity contribution is -0.202. The molecule has 52 heavy (non-hydrogen) atoms. The number of hydrogen-bond donors (Lipinski definition) is 2. The zero-order valence-corrected chi connectivity index (χ0v) is 32.4. The molecule has 5 atom stereocenters. The predicted octanol–water partition coefficient (Wildman–Crippen LogP) is 7.65. The first-order valence-electron chi connectivity index (χ1n) is 16.9. The molecule has 2 heterocycles. The molecular weight excluding hydrogens is 748 g/mol. The van der Waals surface area contributed by atoms with Crippen LogP contribution in [0.15, 0.2) is 36.4 Å². The third-order valence-corrected chi connectivity index (χ3v) is 9.30. The van der Waals surface area contributed by atoms with Crippen LogP contribution in [0, 0.1) is 23.2 Å². The lowest BCUT2D eigenvalue weighted by Gasteiger charge is -2.37. The van der Waals surface area contributed by atoms with E-state index in [-0.39, 0.29) is 6.54 Å². The molecule has 288 valence electrons. The minimum atomic E-state index is -4.66. The summed E-state index contributed by atoms with van der Waals surface area (Å²) in [5.41, 5.74) is 3.05. The van der Waals surface area contributed by atoms with E-state index in [0.29, 0.717) is 29.6 Å². The molecule has 1 aromatic carbocycles. The molecule has 1 aliphatic heterocycles. The Bertz CT molecular complexity index is 1630. The number of nitrogens with zero attached hydrogens (tertiary/aromatic N) is 2. The second-order valence-electron chi connectivity index (χ2n) is 14.0. The summed E-state index contributed by atoms with van der Waals surface area (Å²) < 4.78 is 52.7. The molecule has 1 aromatic heterocycles. The molecule has 1 aliphatic rings. The van der Waals surface area contributed by atoms with Gasteiger partial charge in [0.05, 0.1) is 17.1 Å². The van der Waals surface area contributed by atoms with Crippen molar-refractivity contribution in [3.63, 3.8) is 0 Å². The summed E-state index contributed by atoms with van der Waals surface area (Å²) in [4.78, 5) is 55.2.